The van der Waals surface area contributed by atoms with Crippen molar-refractivity contribution in [1.29, 1.82) is 0 Å². The summed E-state index contributed by atoms with van der Waals surface area (Å²) in [6.45, 7) is 7.30. The molecule has 1 aliphatic heterocycles. The van der Waals surface area contributed by atoms with E-state index in [0.29, 0.717) is 5.69 Å². The fraction of sp³-hybridized carbons (Fsp3) is 0.368. The Hall–Kier alpha value is -2.47. The van der Waals surface area contributed by atoms with Gasteiger partial charge in [-0.25, -0.2) is 9.37 Å². The van der Waals surface area contributed by atoms with Crippen LogP contribution in [0, 0.1) is 5.82 Å². The van der Waals surface area contributed by atoms with Gasteiger partial charge in [-0.2, -0.15) is 0 Å². The quantitative estimate of drug-likeness (QED) is 0.907. The lowest BCUT2D eigenvalue weighted by atomic mass is 10.1. The molecule has 1 aromatic carbocycles. The fourth-order valence-corrected chi connectivity index (χ4v) is 2.93. The Kier molecular flexibility index (Phi) is 5.60. The summed E-state index contributed by atoms with van der Waals surface area (Å²) in [4.78, 5) is 21.2. The van der Waals surface area contributed by atoms with Crippen LogP contribution in [0.4, 0.5) is 15.9 Å². The van der Waals surface area contributed by atoms with Gasteiger partial charge in [0, 0.05) is 26.2 Å². The number of hydrogen-bond acceptors (Lipinski definition) is 4. The largest absolute Gasteiger partial charge is 0.354 e. The number of aromatic nitrogens is 1. The highest BCUT2D eigenvalue weighted by molar-refractivity contribution is 5.92. The number of anilines is 2. The Morgan fingerprint density at radius 1 is 1.12 bits per heavy atom. The van der Waals surface area contributed by atoms with E-state index < -0.39 is 0 Å². The van der Waals surface area contributed by atoms with Crippen LogP contribution in [0.1, 0.15) is 12.5 Å². The smallest absolute Gasteiger partial charge is 0.228 e. The van der Waals surface area contributed by atoms with Crippen LogP contribution in [-0.2, 0) is 11.2 Å². The Labute approximate surface area is 147 Å². The maximum absolute atomic E-state index is 12.9. The molecule has 1 N–H and O–H groups in total. The first-order chi connectivity index (χ1) is 12.1. The molecule has 3 rings (SSSR count). The monoisotopic (exact) mass is 342 g/mol. The number of nitrogens with zero attached hydrogens (tertiary/aromatic N) is 3. The number of rotatable bonds is 5. The summed E-state index contributed by atoms with van der Waals surface area (Å²) in [5.41, 5.74) is 1.44. The number of amides is 1. The molecule has 1 amide bonds. The molecule has 0 unspecified atom stereocenters. The SMILES string of the molecule is CCN1CCN(c2ccc(NC(=O)Cc3ccc(F)cc3)cn2)CC1. The van der Waals surface area contributed by atoms with E-state index in [1.807, 2.05) is 12.1 Å². The summed E-state index contributed by atoms with van der Waals surface area (Å²) < 4.78 is 12.9. The van der Waals surface area contributed by atoms with E-state index in [0.717, 1.165) is 44.1 Å². The van der Waals surface area contributed by atoms with Gasteiger partial charge in [-0.15, -0.1) is 0 Å². The van der Waals surface area contributed by atoms with Crippen LogP contribution >= 0.6 is 0 Å². The topological polar surface area (TPSA) is 48.5 Å². The van der Waals surface area contributed by atoms with Gasteiger partial charge >= 0.3 is 0 Å². The Bertz CT molecular complexity index is 694. The van der Waals surface area contributed by atoms with Crippen LogP contribution in [0.3, 0.4) is 0 Å². The third kappa shape index (κ3) is 4.76. The number of pyridine rings is 1. The number of halogens is 1. The summed E-state index contributed by atoms with van der Waals surface area (Å²) in [6, 6.07) is 9.76. The van der Waals surface area contributed by atoms with Gasteiger partial charge in [0.2, 0.25) is 5.91 Å². The zero-order chi connectivity index (χ0) is 17.6. The molecule has 0 spiro atoms. The number of benzene rings is 1. The van der Waals surface area contributed by atoms with E-state index in [1.165, 1.54) is 12.1 Å². The van der Waals surface area contributed by atoms with Crippen LogP contribution in [0.2, 0.25) is 0 Å². The molecule has 132 valence electrons. The molecular formula is C19H23FN4O. The average molecular weight is 342 g/mol. The summed E-state index contributed by atoms with van der Waals surface area (Å²) >= 11 is 0. The maximum Gasteiger partial charge on any atom is 0.228 e. The van der Waals surface area contributed by atoms with E-state index in [-0.39, 0.29) is 18.1 Å². The number of carbonyl (C=O) groups excluding carboxylic acids is 1. The van der Waals surface area contributed by atoms with E-state index in [9.17, 15) is 9.18 Å². The second-order valence-electron chi connectivity index (χ2n) is 6.18. The third-order valence-electron chi connectivity index (χ3n) is 4.45. The second-order valence-corrected chi connectivity index (χ2v) is 6.18. The summed E-state index contributed by atoms with van der Waals surface area (Å²) in [5.74, 6) is 0.494. The average Bonchev–Trinajstić information content (AvgIpc) is 2.64. The van der Waals surface area contributed by atoms with Gasteiger partial charge in [0.15, 0.2) is 0 Å². The van der Waals surface area contributed by atoms with Gasteiger partial charge in [-0.3, -0.25) is 4.79 Å². The minimum atomic E-state index is -0.302. The van der Waals surface area contributed by atoms with Crippen LogP contribution in [-0.4, -0.2) is 48.5 Å². The lowest BCUT2D eigenvalue weighted by Gasteiger charge is -2.34. The van der Waals surface area contributed by atoms with E-state index in [4.69, 9.17) is 0 Å². The summed E-state index contributed by atoms with van der Waals surface area (Å²) in [7, 11) is 0. The molecule has 5 nitrogen and oxygen atoms in total. The molecule has 1 saturated heterocycles. The summed E-state index contributed by atoms with van der Waals surface area (Å²) in [5, 5.41) is 2.83. The van der Waals surface area contributed by atoms with Crippen molar-refractivity contribution < 1.29 is 9.18 Å². The van der Waals surface area contributed by atoms with E-state index in [1.54, 1.807) is 18.3 Å². The maximum atomic E-state index is 12.9. The molecule has 0 atom stereocenters. The van der Waals surface area contributed by atoms with Crippen molar-refractivity contribution in [1.82, 2.24) is 9.88 Å². The molecule has 1 aliphatic rings. The standard InChI is InChI=1S/C19H23FN4O/c1-2-23-9-11-24(12-10-23)18-8-7-17(14-21-18)22-19(25)13-15-3-5-16(20)6-4-15/h3-8,14H,2,9-13H2,1H3,(H,22,25). The Balaban J connectivity index is 1.53. The highest BCUT2D eigenvalue weighted by Gasteiger charge is 2.16. The first-order valence-corrected chi connectivity index (χ1v) is 8.61. The van der Waals surface area contributed by atoms with E-state index >= 15 is 0 Å². The molecule has 0 aliphatic carbocycles. The van der Waals surface area contributed by atoms with Crippen LogP contribution in [0.25, 0.3) is 0 Å². The van der Waals surface area contributed by atoms with Crippen molar-refractivity contribution in [3.05, 3.63) is 54.0 Å². The van der Waals surface area contributed by atoms with Gasteiger partial charge in [-0.05, 0) is 36.4 Å². The van der Waals surface area contributed by atoms with Crippen molar-refractivity contribution in [2.24, 2.45) is 0 Å². The predicted octanol–water partition coefficient (Wildman–Crippen LogP) is 2.54. The van der Waals surface area contributed by atoms with Gasteiger partial charge in [0.05, 0.1) is 18.3 Å². The number of nitrogens with one attached hydrogen (secondary N) is 1. The zero-order valence-electron chi connectivity index (χ0n) is 14.4. The first-order valence-electron chi connectivity index (χ1n) is 8.61. The lowest BCUT2D eigenvalue weighted by Crippen LogP contribution is -2.46. The molecule has 0 radical (unpaired) electrons. The van der Waals surface area contributed by atoms with Crippen LogP contribution in [0.5, 0.6) is 0 Å². The fourth-order valence-electron chi connectivity index (χ4n) is 2.93. The van der Waals surface area contributed by atoms with Crippen LogP contribution in [0.15, 0.2) is 42.6 Å². The zero-order valence-corrected chi connectivity index (χ0v) is 14.4. The van der Waals surface area contributed by atoms with Crippen LogP contribution < -0.4 is 10.2 Å². The van der Waals surface area contributed by atoms with E-state index in [2.05, 4.69) is 27.0 Å². The molecule has 0 saturated carbocycles. The van der Waals surface area contributed by atoms with Crippen molar-refractivity contribution in [3.8, 4) is 0 Å². The molecule has 2 heterocycles. The molecule has 2 aromatic rings. The van der Waals surface area contributed by atoms with Gasteiger partial charge in [-0.1, -0.05) is 19.1 Å². The van der Waals surface area contributed by atoms with Crippen molar-refractivity contribution in [2.75, 3.05) is 42.9 Å². The molecule has 25 heavy (non-hydrogen) atoms. The minimum Gasteiger partial charge on any atom is -0.354 e. The third-order valence-corrected chi connectivity index (χ3v) is 4.45. The predicted molar refractivity (Wildman–Crippen MR) is 97.3 cm³/mol. The highest BCUT2D eigenvalue weighted by Crippen LogP contribution is 2.16. The van der Waals surface area contributed by atoms with Gasteiger partial charge in [0.25, 0.3) is 0 Å². The van der Waals surface area contributed by atoms with Gasteiger partial charge < -0.3 is 15.1 Å². The van der Waals surface area contributed by atoms with Crippen molar-refractivity contribution >= 4 is 17.4 Å². The normalized spacial score (nSPS) is 15.2. The molecule has 0 bridgehead atoms. The first kappa shape index (κ1) is 17.4. The molecule has 1 aromatic heterocycles. The number of carbonyl (C=O) groups is 1. The molecule has 6 heteroatoms. The highest BCUT2D eigenvalue weighted by atomic mass is 19.1. The number of likely N-dealkylation sites (N-methyl/N-ethyl adjacent to an activating group) is 1. The lowest BCUT2D eigenvalue weighted by molar-refractivity contribution is -0.115. The molecular weight excluding hydrogens is 319 g/mol. The van der Waals surface area contributed by atoms with Crippen molar-refractivity contribution in [2.45, 2.75) is 13.3 Å². The Morgan fingerprint density at radius 2 is 1.84 bits per heavy atom. The number of hydrogen-bond donors (Lipinski definition) is 1. The Morgan fingerprint density at radius 3 is 2.44 bits per heavy atom. The number of piperazine rings is 1. The second kappa shape index (κ2) is 8.07. The van der Waals surface area contributed by atoms with Crippen molar-refractivity contribution in [3.63, 3.8) is 0 Å². The van der Waals surface area contributed by atoms with Gasteiger partial charge in [0.1, 0.15) is 11.6 Å². The molecule has 1 fully saturated rings. The summed E-state index contributed by atoms with van der Waals surface area (Å²) in [6.07, 6.45) is 1.89. The minimum absolute atomic E-state index is 0.141.